The molecule has 0 radical (unpaired) electrons. The van der Waals surface area contributed by atoms with Crippen LogP contribution in [0.3, 0.4) is 0 Å². The van der Waals surface area contributed by atoms with Crippen LogP contribution >= 0.6 is 0 Å². The highest BCUT2D eigenvalue weighted by Crippen LogP contribution is 2.24. The van der Waals surface area contributed by atoms with Crippen LogP contribution < -0.4 is 10.1 Å². The number of rotatable bonds is 4. The number of piperazine rings is 1. The van der Waals surface area contributed by atoms with Gasteiger partial charge in [-0.3, -0.25) is 4.90 Å². The van der Waals surface area contributed by atoms with Crippen LogP contribution in [0.5, 0.6) is 5.75 Å². The minimum atomic E-state index is -4.32. The molecule has 1 saturated heterocycles. The molecule has 0 bridgehead atoms. The van der Waals surface area contributed by atoms with Crippen molar-refractivity contribution in [2.24, 2.45) is 0 Å². The number of halogens is 3. The minimum absolute atomic E-state index is 0.0139. The molecule has 21 heavy (non-hydrogen) atoms. The molecule has 6 heteroatoms. The standard InChI is InChI=1S/C15H21F3N2O/c1-14(2)10-20(8-7-19-14)9-12-5-3-4-6-13(12)21-11-15(16,17)18/h3-6,19H,7-11H2,1-2H3. The summed E-state index contributed by atoms with van der Waals surface area (Å²) in [7, 11) is 0. The molecule has 0 aromatic heterocycles. The van der Waals surface area contributed by atoms with E-state index in [2.05, 4.69) is 24.1 Å². The number of ether oxygens (including phenoxy) is 1. The van der Waals surface area contributed by atoms with Crippen LogP contribution in [0.15, 0.2) is 24.3 Å². The third-order valence-electron chi connectivity index (χ3n) is 3.41. The molecule has 1 heterocycles. The lowest BCUT2D eigenvalue weighted by Gasteiger charge is -2.39. The predicted octanol–water partition coefficient (Wildman–Crippen LogP) is 2.81. The average Bonchev–Trinajstić information content (AvgIpc) is 2.35. The average molecular weight is 302 g/mol. The third-order valence-corrected chi connectivity index (χ3v) is 3.41. The van der Waals surface area contributed by atoms with Gasteiger partial charge in [0.1, 0.15) is 5.75 Å². The minimum Gasteiger partial charge on any atom is -0.484 e. The van der Waals surface area contributed by atoms with Crippen LogP contribution in [-0.4, -0.2) is 42.9 Å². The zero-order chi connectivity index (χ0) is 15.5. The molecule has 2 rings (SSSR count). The molecule has 3 nitrogen and oxygen atoms in total. The van der Waals surface area contributed by atoms with Crippen molar-refractivity contribution >= 4 is 0 Å². The van der Waals surface area contributed by atoms with E-state index < -0.39 is 12.8 Å². The molecule has 0 spiro atoms. The molecular weight excluding hydrogens is 281 g/mol. The SMILES string of the molecule is CC1(C)CN(Cc2ccccc2OCC(F)(F)F)CCN1. The molecule has 1 aromatic carbocycles. The highest BCUT2D eigenvalue weighted by molar-refractivity contribution is 5.33. The molecule has 1 fully saturated rings. The summed E-state index contributed by atoms with van der Waals surface area (Å²) in [6, 6.07) is 6.93. The predicted molar refractivity (Wildman–Crippen MR) is 75.4 cm³/mol. The molecular formula is C15H21F3N2O. The molecule has 0 atom stereocenters. The van der Waals surface area contributed by atoms with Gasteiger partial charge in [0, 0.05) is 37.3 Å². The molecule has 0 aliphatic carbocycles. The second-order valence-electron chi connectivity index (χ2n) is 6.03. The van der Waals surface area contributed by atoms with Gasteiger partial charge in [-0.15, -0.1) is 0 Å². The Morgan fingerprint density at radius 2 is 2.00 bits per heavy atom. The van der Waals surface area contributed by atoms with Crippen molar-refractivity contribution in [2.75, 3.05) is 26.2 Å². The van der Waals surface area contributed by atoms with E-state index >= 15 is 0 Å². The second kappa shape index (κ2) is 6.23. The van der Waals surface area contributed by atoms with Gasteiger partial charge in [0.15, 0.2) is 6.61 Å². The van der Waals surface area contributed by atoms with Crippen LogP contribution in [-0.2, 0) is 6.54 Å². The van der Waals surface area contributed by atoms with Crippen molar-refractivity contribution < 1.29 is 17.9 Å². The second-order valence-corrected chi connectivity index (χ2v) is 6.03. The normalized spacial score (nSPS) is 19.5. The summed E-state index contributed by atoms with van der Waals surface area (Å²) in [5.41, 5.74) is 0.805. The van der Waals surface area contributed by atoms with Crippen LogP contribution in [0.2, 0.25) is 0 Å². The van der Waals surface area contributed by atoms with E-state index in [4.69, 9.17) is 4.74 Å². The van der Waals surface area contributed by atoms with Crippen LogP contribution in [0.4, 0.5) is 13.2 Å². The van der Waals surface area contributed by atoms with E-state index in [1.54, 1.807) is 12.1 Å². The zero-order valence-corrected chi connectivity index (χ0v) is 12.3. The number of benzene rings is 1. The van der Waals surface area contributed by atoms with E-state index in [1.165, 1.54) is 0 Å². The molecule has 1 N–H and O–H groups in total. The number of nitrogens with one attached hydrogen (secondary N) is 1. The summed E-state index contributed by atoms with van der Waals surface area (Å²) in [5, 5.41) is 3.41. The number of hydrogen-bond acceptors (Lipinski definition) is 3. The Morgan fingerprint density at radius 1 is 1.29 bits per heavy atom. The highest BCUT2D eigenvalue weighted by atomic mass is 19.4. The summed E-state index contributed by atoms with van der Waals surface area (Å²) in [6.07, 6.45) is -4.32. The van der Waals surface area contributed by atoms with E-state index in [1.807, 2.05) is 12.1 Å². The first-order valence-electron chi connectivity index (χ1n) is 7.00. The summed E-state index contributed by atoms with van der Waals surface area (Å²) in [4.78, 5) is 2.23. The topological polar surface area (TPSA) is 24.5 Å². The van der Waals surface area contributed by atoms with Crippen molar-refractivity contribution in [2.45, 2.75) is 32.1 Å². The first-order chi connectivity index (χ1) is 9.75. The largest absolute Gasteiger partial charge is 0.484 e. The Morgan fingerprint density at radius 3 is 2.67 bits per heavy atom. The maximum Gasteiger partial charge on any atom is 0.422 e. The van der Waals surface area contributed by atoms with Gasteiger partial charge in [-0.2, -0.15) is 13.2 Å². The van der Waals surface area contributed by atoms with Crippen LogP contribution in [0.1, 0.15) is 19.4 Å². The highest BCUT2D eigenvalue weighted by Gasteiger charge is 2.29. The zero-order valence-electron chi connectivity index (χ0n) is 12.3. The number of para-hydroxylation sites is 1. The van der Waals surface area contributed by atoms with Gasteiger partial charge in [-0.05, 0) is 19.9 Å². The van der Waals surface area contributed by atoms with Gasteiger partial charge in [0.05, 0.1) is 0 Å². The van der Waals surface area contributed by atoms with E-state index in [9.17, 15) is 13.2 Å². The quantitative estimate of drug-likeness (QED) is 0.925. The fourth-order valence-electron chi connectivity index (χ4n) is 2.56. The van der Waals surface area contributed by atoms with Gasteiger partial charge in [-0.25, -0.2) is 0 Å². The first-order valence-corrected chi connectivity index (χ1v) is 7.00. The van der Waals surface area contributed by atoms with Crippen molar-refractivity contribution in [1.29, 1.82) is 0 Å². The lowest BCUT2D eigenvalue weighted by Crippen LogP contribution is -2.56. The monoisotopic (exact) mass is 302 g/mol. The lowest BCUT2D eigenvalue weighted by molar-refractivity contribution is -0.153. The van der Waals surface area contributed by atoms with Gasteiger partial charge in [0.25, 0.3) is 0 Å². The fraction of sp³-hybridized carbons (Fsp3) is 0.600. The molecule has 0 saturated carbocycles. The van der Waals surface area contributed by atoms with Gasteiger partial charge in [0.2, 0.25) is 0 Å². The van der Waals surface area contributed by atoms with E-state index in [-0.39, 0.29) is 5.54 Å². The number of alkyl halides is 3. The first kappa shape index (κ1) is 16.1. The summed E-state index contributed by atoms with van der Waals surface area (Å²) in [6.45, 7) is 6.17. The Labute approximate surface area is 123 Å². The van der Waals surface area contributed by atoms with Gasteiger partial charge >= 0.3 is 6.18 Å². The van der Waals surface area contributed by atoms with Crippen LogP contribution in [0, 0.1) is 0 Å². The molecule has 1 aromatic rings. The third kappa shape index (κ3) is 5.21. The summed E-state index contributed by atoms with van der Waals surface area (Å²) in [5.74, 6) is 0.311. The van der Waals surface area contributed by atoms with Gasteiger partial charge in [-0.1, -0.05) is 18.2 Å². The smallest absolute Gasteiger partial charge is 0.422 e. The van der Waals surface area contributed by atoms with Crippen molar-refractivity contribution in [3.8, 4) is 5.75 Å². The van der Waals surface area contributed by atoms with Crippen molar-refractivity contribution in [3.63, 3.8) is 0 Å². The number of hydrogen-bond donors (Lipinski definition) is 1. The lowest BCUT2D eigenvalue weighted by atomic mass is 10.0. The molecule has 118 valence electrons. The fourth-order valence-corrected chi connectivity index (χ4v) is 2.56. The van der Waals surface area contributed by atoms with Crippen molar-refractivity contribution in [3.05, 3.63) is 29.8 Å². The van der Waals surface area contributed by atoms with Crippen molar-refractivity contribution in [1.82, 2.24) is 10.2 Å². The molecule has 0 unspecified atom stereocenters. The molecule has 1 aliphatic rings. The number of nitrogens with zero attached hydrogens (tertiary/aromatic N) is 1. The Hall–Kier alpha value is -1.27. The Balaban J connectivity index is 2.02. The Bertz CT molecular complexity index is 474. The van der Waals surface area contributed by atoms with Crippen LogP contribution in [0.25, 0.3) is 0 Å². The van der Waals surface area contributed by atoms with Gasteiger partial charge < -0.3 is 10.1 Å². The maximum absolute atomic E-state index is 12.3. The molecule has 1 aliphatic heterocycles. The maximum atomic E-state index is 12.3. The molecule has 0 amide bonds. The summed E-state index contributed by atoms with van der Waals surface area (Å²) >= 11 is 0. The summed E-state index contributed by atoms with van der Waals surface area (Å²) < 4.78 is 41.8. The van der Waals surface area contributed by atoms with E-state index in [0.717, 1.165) is 25.2 Å². The Kier molecular flexibility index (Phi) is 4.78. The van der Waals surface area contributed by atoms with E-state index in [0.29, 0.717) is 12.3 Å².